The Labute approximate surface area is 131 Å². The summed E-state index contributed by atoms with van der Waals surface area (Å²) in [5, 5.41) is 0. The summed E-state index contributed by atoms with van der Waals surface area (Å²) >= 11 is 0. The van der Waals surface area contributed by atoms with Gasteiger partial charge in [0.2, 0.25) is 20.0 Å². The van der Waals surface area contributed by atoms with Crippen LogP contribution in [0.25, 0.3) is 0 Å². The Morgan fingerprint density at radius 3 is 2.32 bits per heavy atom. The molecule has 3 N–H and O–H groups in total. The zero-order valence-corrected chi connectivity index (χ0v) is 14.4. The molecule has 1 fully saturated rings. The first kappa shape index (κ1) is 17.4. The monoisotopic (exact) mass is 347 g/mol. The van der Waals surface area contributed by atoms with Gasteiger partial charge in [0.1, 0.15) is 0 Å². The average Bonchev–Trinajstić information content (AvgIpc) is 2.79. The van der Waals surface area contributed by atoms with E-state index in [1.165, 1.54) is 29.6 Å². The molecule has 2 atom stereocenters. The standard InChI is InChI=1S/C13H21N3O4S2/c1-9-6-11(4-5-13(9)21(17,18)15-3)22(19,20)16-7-10(2)12(14)8-16/h4-6,10,12,15H,7-8,14H2,1-3H3. The van der Waals surface area contributed by atoms with Gasteiger partial charge in [-0.15, -0.1) is 0 Å². The van der Waals surface area contributed by atoms with E-state index in [1.807, 2.05) is 6.92 Å². The Hall–Kier alpha value is -1.00. The zero-order chi connectivity index (χ0) is 16.7. The second kappa shape index (κ2) is 5.89. The van der Waals surface area contributed by atoms with Crippen molar-refractivity contribution in [1.82, 2.24) is 9.03 Å². The lowest BCUT2D eigenvalue weighted by molar-refractivity contribution is 0.464. The lowest BCUT2D eigenvalue weighted by atomic mass is 10.1. The fourth-order valence-corrected chi connectivity index (χ4v) is 5.10. The Bertz CT molecular complexity index is 764. The van der Waals surface area contributed by atoms with Crippen molar-refractivity contribution in [3.05, 3.63) is 23.8 Å². The highest BCUT2D eigenvalue weighted by Gasteiger charge is 2.35. The number of hydrogen-bond acceptors (Lipinski definition) is 5. The van der Waals surface area contributed by atoms with Crippen molar-refractivity contribution < 1.29 is 16.8 Å². The van der Waals surface area contributed by atoms with E-state index in [9.17, 15) is 16.8 Å². The highest BCUT2D eigenvalue weighted by atomic mass is 32.2. The van der Waals surface area contributed by atoms with Gasteiger partial charge in [0, 0.05) is 19.1 Å². The van der Waals surface area contributed by atoms with Gasteiger partial charge in [-0.2, -0.15) is 4.31 Å². The molecule has 0 saturated carbocycles. The van der Waals surface area contributed by atoms with Crippen LogP contribution in [0.5, 0.6) is 0 Å². The van der Waals surface area contributed by atoms with Crippen LogP contribution in [0.1, 0.15) is 12.5 Å². The molecule has 0 bridgehead atoms. The number of aryl methyl sites for hydroxylation is 1. The van der Waals surface area contributed by atoms with Crippen molar-refractivity contribution >= 4 is 20.0 Å². The number of nitrogens with two attached hydrogens (primary N) is 1. The summed E-state index contributed by atoms with van der Waals surface area (Å²) in [4.78, 5) is 0.154. The fourth-order valence-electron chi connectivity index (χ4n) is 2.49. The van der Waals surface area contributed by atoms with Crippen LogP contribution in [0, 0.1) is 12.8 Å². The lowest BCUT2D eigenvalue weighted by Crippen LogP contribution is -2.32. The molecule has 22 heavy (non-hydrogen) atoms. The molecule has 9 heteroatoms. The summed E-state index contributed by atoms with van der Waals surface area (Å²) in [5.74, 6) is 0.0971. The maximum absolute atomic E-state index is 12.6. The third kappa shape index (κ3) is 3.04. The summed E-state index contributed by atoms with van der Waals surface area (Å²) in [6.07, 6.45) is 0. The van der Waals surface area contributed by atoms with Crippen LogP contribution in [0.3, 0.4) is 0 Å². The molecule has 124 valence electrons. The molecular weight excluding hydrogens is 326 g/mol. The van der Waals surface area contributed by atoms with Crippen LogP contribution in [0.2, 0.25) is 0 Å². The molecule has 0 spiro atoms. The fraction of sp³-hybridized carbons (Fsp3) is 0.538. The normalized spacial score (nSPS) is 23.8. The van der Waals surface area contributed by atoms with Crippen LogP contribution in [-0.2, 0) is 20.0 Å². The highest BCUT2D eigenvalue weighted by molar-refractivity contribution is 7.89. The number of nitrogens with zero attached hydrogens (tertiary/aromatic N) is 1. The van der Waals surface area contributed by atoms with Crippen LogP contribution in [-0.4, -0.2) is 47.3 Å². The van der Waals surface area contributed by atoms with Crippen molar-refractivity contribution in [3.8, 4) is 0 Å². The van der Waals surface area contributed by atoms with E-state index in [2.05, 4.69) is 4.72 Å². The topological polar surface area (TPSA) is 110 Å². The maximum atomic E-state index is 12.6. The molecule has 1 saturated heterocycles. The molecule has 1 heterocycles. The minimum Gasteiger partial charge on any atom is -0.326 e. The first-order valence-corrected chi connectivity index (χ1v) is 9.82. The van der Waals surface area contributed by atoms with Crippen molar-refractivity contribution in [3.63, 3.8) is 0 Å². The maximum Gasteiger partial charge on any atom is 0.243 e. The Morgan fingerprint density at radius 2 is 1.86 bits per heavy atom. The SMILES string of the molecule is CNS(=O)(=O)c1ccc(S(=O)(=O)N2CC(C)C(N)C2)cc1C. The summed E-state index contributed by atoms with van der Waals surface area (Å²) < 4.78 is 52.5. The van der Waals surface area contributed by atoms with Gasteiger partial charge in [-0.05, 0) is 43.7 Å². The minimum absolute atomic E-state index is 0.0699. The predicted molar refractivity (Wildman–Crippen MR) is 83.3 cm³/mol. The summed E-state index contributed by atoms with van der Waals surface area (Å²) in [7, 11) is -5.95. The van der Waals surface area contributed by atoms with Crippen molar-refractivity contribution in [2.75, 3.05) is 20.1 Å². The Kier molecular flexibility index (Phi) is 4.65. The van der Waals surface area contributed by atoms with Crippen LogP contribution < -0.4 is 10.5 Å². The molecule has 0 aliphatic carbocycles. The molecule has 0 radical (unpaired) electrons. The molecule has 2 rings (SSSR count). The lowest BCUT2D eigenvalue weighted by Gasteiger charge is -2.17. The van der Waals surface area contributed by atoms with Crippen molar-refractivity contribution in [2.45, 2.75) is 29.7 Å². The van der Waals surface area contributed by atoms with Gasteiger partial charge < -0.3 is 5.73 Å². The second-order valence-corrected chi connectivity index (χ2v) is 9.39. The largest absolute Gasteiger partial charge is 0.326 e. The van der Waals surface area contributed by atoms with Crippen molar-refractivity contribution in [1.29, 1.82) is 0 Å². The number of sulfonamides is 2. The molecule has 1 aromatic rings. The van der Waals surface area contributed by atoms with E-state index in [1.54, 1.807) is 6.92 Å². The summed E-state index contributed by atoms with van der Waals surface area (Å²) in [6.45, 7) is 4.13. The van der Waals surface area contributed by atoms with Gasteiger partial charge in [0.25, 0.3) is 0 Å². The molecule has 1 aromatic carbocycles. The molecule has 1 aliphatic heterocycles. The third-order valence-electron chi connectivity index (χ3n) is 3.98. The zero-order valence-electron chi connectivity index (χ0n) is 12.8. The summed E-state index contributed by atoms with van der Waals surface area (Å²) in [6, 6.07) is 3.84. The molecule has 7 nitrogen and oxygen atoms in total. The third-order valence-corrected chi connectivity index (χ3v) is 7.38. The van der Waals surface area contributed by atoms with E-state index in [0.29, 0.717) is 12.1 Å². The first-order valence-electron chi connectivity index (χ1n) is 6.89. The average molecular weight is 347 g/mol. The van der Waals surface area contributed by atoms with Gasteiger partial charge in [-0.25, -0.2) is 21.6 Å². The highest BCUT2D eigenvalue weighted by Crippen LogP contribution is 2.26. The first-order chi connectivity index (χ1) is 10.1. The van der Waals surface area contributed by atoms with E-state index in [-0.39, 0.29) is 28.3 Å². The predicted octanol–water partition coefficient (Wildman–Crippen LogP) is -0.129. The number of hydrogen-bond donors (Lipinski definition) is 2. The van der Waals surface area contributed by atoms with E-state index in [4.69, 9.17) is 5.73 Å². The molecule has 0 aromatic heterocycles. The van der Waals surface area contributed by atoms with Crippen molar-refractivity contribution in [2.24, 2.45) is 11.7 Å². The molecule has 0 amide bonds. The molecule has 1 aliphatic rings. The van der Waals surface area contributed by atoms with Gasteiger partial charge in [0.05, 0.1) is 9.79 Å². The quantitative estimate of drug-likeness (QED) is 0.788. The van der Waals surface area contributed by atoms with Crippen LogP contribution in [0.15, 0.2) is 28.0 Å². The van der Waals surface area contributed by atoms with Gasteiger partial charge in [-0.1, -0.05) is 6.92 Å². The van der Waals surface area contributed by atoms with Gasteiger partial charge in [0.15, 0.2) is 0 Å². The van der Waals surface area contributed by atoms with E-state index < -0.39 is 20.0 Å². The number of benzene rings is 1. The van der Waals surface area contributed by atoms with E-state index in [0.717, 1.165) is 0 Å². The smallest absolute Gasteiger partial charge is 0.243 e. The minimum atomic E-state index is -3.66. The Balaban J connectivity index is 2.40. The van der Waals surface area contributed by atoms with Gasteiger partial charge >= 0.3 is 0 Å². The number of rotatable bonds is 4. The molecule has 2 unspecified atom stereocenters. The van der Waals surface area contributed by atoms with Crippen LogP contribution >= 0.6 is 0 Å². The second-order valence-electron chi connectivity index (χ2n) is 5.60. The molecular formula is C13H21N3O4S2. The van der Waals surface area contributed by atoms with E-state index >= 15 is 0 Å². The van der Waals surface area contributed by atoms with Gasteiger partial charge in [-0.3, -0.25) is 0 Å². The van der Waals surface area contributed by atoms with Crippen LogP contribution in [0.4, 0.5) is 0 Å². The summed E-state index contributed by atoms with van der Waals surface area (Å²) in [5.41, 5.74) is 6.26. The number of nitrogens with one attached hydrogen (secondary N) is 1. The Morgan fingerprint density at radius 1 is 1.23 bits per heavy atom.